The quantitative estimate of drug-likeness (QED) is 0.473. The zero-order chi connectivity index (χ0) is 25.1. The predicted octanol–water partition coefficient (Wildman–Crippen LogP) is 5.01. The van der Waals surface area contributed by atoms with E-state index in [0.717, 1.165) is 11.1 Å². The number of carbonyl (C=O) groups excluding carboxylic acids is 1. The minimum atomic E-state index is -3.92. The molecule has 8 heteroatoms. The Hall–Kier alpha value is -3.39. The van der Waals surface area contributed by atoms with Crippen LogP contribution in [-0.2, 0) is 21.2 Å². The summed E-state index contributed by atoms with van der Waals surface area (Å²) < 4.78 is 37.6. The standard InChI is InChI=1S/C27H30N2O5S/c1-19-8-9-20(2)25(15-19)35(31,32)27(12-4-5-13-27)26(30)29-22-10-11-23(33-3)24(16-22)34-18-21-7-6-14-28-17-21/h6-11,14-17H,4-5,12-13,18H2,1-3H3,(H,29,30). The Morgan fingerprint density at radius 2 is 1.83 bits per heavy atom. The van der Waals surface area contributed by atoms with Crippen LogP contribution < -0.4 is 14.8 Å². The van der Waals surface area contributed by atoms with Gasteiger partial charge < -0.3 is 14.8 Å². The molecule has 3 aromatic rings. The van der Waals surface area contributed by atoms with Crippen LogP contribution >= 0.6 is 0 Å². The molecule has 1 aromatic heterocycles. The van der Waals surface area contributed by atoms with Gasteiger partial charge in [0.05, 0.1) is 12.0 Å². The molecule has 0 radical (unpaired) electrons. The summed E-state index contributed by atoms with van der Waals surface area (Å²) in [6.07, 6.45) is 5.33. The molecular weight excluding hydrogens is 464 g/mol. The van der Waals surface area contributed by atoms with E-state index in [0.29, 0.717) is 35.6 Å². The highest BCUT2D eigenvalue weighted by atomic mass is 32.2. The molecule has 1 fully saturated rings. The third-order valence-corrected chi connectivity index (χ3v) is 9.15. The van der Waals surface area contributed by atoms with Crippen molar-refractivity contribution in [2.24, 2.45) is 0 Å². The van der Waals surface area contributed by atoms with Gasteiger partial charge in [0.15, 0.2) is 26.1 Å². The summed E-state index contributed by atoms with van der Waals surface area (Å²) in [4.78, 5) is 17.9. The Bertz CT molecular complexity index is 1320. The minimum Gasteiger partial charge on any atom is -0.493 e. The number of aryl methyl sites for hydroxylation is 2. The number of aromatic nitrogens is 1. The Labute approximate surface area is 206 Å². The maximum absolute atomic E-state index is 13.9. The third-order valence-electron chi connectivity index (χ3n) is 6.51. The van der Waals surface area contributed by atoms with Crippen LogP contribution in [-0.4, -0.2) is 31.2 Å². The lowest BCUT2D eigenvalue weighted by molar-refractivity contribution is -0.118. The molecule has 0 bridgehead atoms. The largest absolute Gasteiger partial charge is 0.493 e. The first-order chi connectivity index (χ1) is 16.8. The van der Waals surface area contributed by atoms with Gasteiger partial charge >= 0.3 is 0 Å². The lowest BCUT2D eigenvalue weighted by Crippen LogP contribution is -2.47. The lowest BCUT2D eigenvalue weighted by atomic mass is 10.1. The van der Waals surface area contributed by atoms with Gasteiger partial charge in [-0.1, -0.05) is 31.0 Å². The number of sulfone groups is 1. The van der Waals surface area contributed by atoms with Crippen molar-refractivity contribution in [3.63, 3.8) is 0 Å². The number of amides is 1. The lowest BCUT2D eigenvalue weighted by Gasteiger charge is -2.28. The monoisotopic (exact) mass is 494 g/mol. The highest BCUT2D eigenvalue weighted by Gasteiger charge is 2.53. The minimum absolute atomic E-state index is 0.227. The van der Waals surface area contributed by atoms with Crippen molar-refractivity contribution in [3.05, 3.63) is 77.6 Å². The van der Waals surface area contributed by atoms with E-state index in [4.69, 9.17) is 9.47 Å². The van der Waals surface area contributed by atoms with Crippen molar-refractivity contribution in [2.75, 3.05) is 12.4 Å². The van der Waals surface area contributed by atoms with Gasteiger partial charge in [-0.3, -0.25) is 9.78 Å². The number of anilines is 1. The van der Waals surface area contributed by atoms with Crippen molar-refractivity contribution >= 4 is 21.4 Å². The Morgan fingerprint density at radius 1 is 1.06 bits per heavy atom. The van der Waals surface area contributed by atoms with Crippen LogP contribution in [0.15, 0.2) is 65.8 Å². The fraction of sp³-hybridized carbons (Fsp3) is 0.333. The normalized spacial score (nSPS) is 14.9. The Kier molecular flexibility index (Phi) is 7.12. The summed E-state index contributed by atoms with van der Waals surface area (Å²) in [6.45, 7) is 3.89. The third kappa shape index (κ3) is 4.89. The van der Waals surface area contributed by atoms with Crippen LogP contribution in [0.5, 0.6) is 11.5 Å². The molecule has 7 nitrogen and oxygen atoms in total. The molecule has 0 saturated heterocycles. The molecular formula is C27H30N2O5S. The second-order valence-electron chi connectivity index (χ2n) is 8.94. The van der Waals surface area contributed by atoms with Gasteiger partial charge in [-0.25, -0.2) is 8.42 Å². The SMILES string of the molecule is COc1ccc(NC(=O)C2(S(=O)(=O)c3cc(C)ccc3C)CCCC2)cc1OCc1cccnc1. The van der Waals surface area contributed by atoms with Gasteiger partial charge in [0.1, 0.15) is 6.61 Å². The topological polar surface area (TPSA) is 94.6 Å². The zero-order valence-corrected chi connectivity index (χ0v) is 21.0. The van der Waals surface area contributed by atoms with Gasteiger partial charge in [0, 0.05) is 29.7 Å². The van der Waals surface area contributed by atoms with Crippen LogP contribution in [0.4, 0.5) is 5.69 Å². The van der Waals surface area contributed by atoms with Gasteiger partial charge in [0.25, 0.3) is 0 Å². The first kappa shape index (κ1) is 24.7. The number of rotatable bonds is 8. The first-order valence-electron chi connectivity index (χ1n) is 11.6. The summed E-state index contributed by atoms with van der Waals surface area (Å²) in [6, 6.07) is 14.1. The average Bonchev–Trinajstić information content (AvgIpc) is 3.37. The van der Waals surface area contributed by atoms with E-state index in [1.165, 1.54) is 7.11 Å². The number of ether oxygens (including phenoxy) is 2. The van der Waals surface area contributed by atoms with E-state index in [-0.39, 0.29) is 24.3 Å². The summed E-state index contributed by atoms with van der Waals surface area (Å²) >= 11 is 0. The number of pyridine rings is 1. The van der Waals surface area contributed by atoms with E-state index < -0.39 is 20.5 Å². The molecule has 1 aliphatic carbocycles. The van der Waals surface area contributed by atoms with E-state index in [9.17, 15) is 13.2 Å². The number of carbonyl (C=O) groups is 1. The number of nitrogens with one attached hydrogen (secondary N) is 1. The molecule has 1 saturated carbocycles. The van der Waals surface area contributed by atoms with Gasteiger partial charge in [-0.15, -0.1) is 0 Å². The number of methoxy groups -OCH3 is 1. The van der Waals surface area contributed by atoms with Crippen LogP contribution in [0.1, 0.15) is 42.4 Å². The van der Waals surface area contributed by atoms with E-state index >= 15 is 0 Å². The molecule has 4 rings (SSSR count). The van der Waals surface area contributed by atoms with Crippen LogP contribution in [0.3, 0.4) is 0 Å². The predicted molar refractivity (Wildman–Crippen MR) is 134 cm³/mol. The molecule has 0 unspecified atom stereocenters. The number of benzene rings is 2. The highest BCUT2D eigenvalue weighted by molar-refractivity contribution is 7.93. The zero-order valence-electron chi connectivity index (χ0n) is 20.2. The van der Waals surface area contributed by atoms with Crippen molar-refractivity contribution in [3.8, 4) is 11.5 Å². The molecule has 0 aliphatic heterocycles. The van der Waals surface area contributed by atoms with E-state index in [2.05, 4.69) is 10.3 Å². The number of hydrogen-bond donors (Lipinski definition) is 1. The highest BCUT2D eigenvalue weighted by Crippen LogP contribution is 2.43. The van der Waals surface area contributed by atoms with Crippen molar-refractivity contribution < 1.29 is 22.7 Å². The molecule has 0 atom stereocenters. The van der Waals surface area contributed by atoms with Crippen molar-refractivity contribution in [2.45, 2.75) is 55.8 Å². The fourth-order valence-corrected chi connectivity index (χ4v) is 6.90. The first-order valence-corrected chi connectivity index (χ1v) is 13.1. The van der Waals surface area contributed by atoms with Crippen LogP contribution in [0.2, 0.25) is 0 Å². The smallest absolute Gasteiger partial charge is 0.246 e. The molecule has 1 heterocycles. The van der Waals surface area contributed by atoms with Crippen LogP contribution in [0.25, 0.3) is 0 Å². The summed E-state index contributed by atoms with van der Waals surface area (Å²) in [5.74, 6) is 0.428. The molecule has 1 N–H and O–H groups in total. The maximum atomic E-state index is 13.9. The Balaban J connectivity index is 1.62. The fourth-order valence-electron chi connectivity index (χ4n) is 4.53. The molecule has 1 aliphatic rings. The maximum Gasteiger partial charge on any atom is 0.246 e. The second kappa shape index (κ2) is 10.1. The molecule has 35 heavy (non-hydrogen) atoms. The number of hydrogen-bond acceptors (Lipinski definition) is 6. The van der Waals surface area contributed by atoms with Crippen LogP contribution in [0, 0.1) is 13.8 Å². The molecule has 2 aromatic carbocycles. The summed E-state index contributed by atoms with van der Waals surface area (Å²) in [5, 5.41) is 2.86. The van der Waals surface area contributed by atoms with Crippen molar-refractivity contribution in [1.82, 2.24) is 4.98 Å². The number of nitrogens with zero attached hydrogens (tertiary/aromatic N) is 1. The second-order valence-corrected chi connectivity index (χ2v) is 11.2. The summed E-state index contributed by atoms with van der Waals surface area (Å²) in [7, 11) is -2.38. The van der Waals surface area contributed by atoms with Gasteiger partial charge in [-0.2, -0.15) is 0 Å². The van der Waals surface area contributed by atoms with Gasteiger partial charge in [0.2, 0.25) is 5.91 Å². The molecule has 0 spiro atoms. The Morgan fingerprint density at radius 3 is 2.51 bits per heavy atom. The summed E-state index contributed by atoms with van der Waals surface area (Å²) in [5.41, 5.74) is 2.81. The average molecular weight is 495 g/mol. The van der Waals surface area contributed by atoms with E-state index in [1.54, 1.807) is 49.6 Å². The molecule has 1 amide bonds. The van der Waals surface area contributed by atoms with E-state index in [1.807, 2.05) is 25.1 Å². The van der Waals surface area contributed by atoms with Gasteiger partial charge in [-0.05, 0) is 62.1 Å². The van der Waals surface area contributed by atoms with Crippen molar-refractivity contribution in [1.29, 1.82) is 0 Å². The molecule has 184 valence electrons.